The third-order valence-corrected chi connectivity index (χ3v) is 4.42. The van der Waals surface area contributed by atoms with Crippen LogP contribution in [0.4, 0.5) is 0 Å². The number of alkyl halides is 1. The van der Waals surface area contributed by atoms with E-state index in [-0.39, 0.29) is 17.7 Å². The topological polar surface area (TPSA) is 22.0 Å². The summed E-state index contributed by atoms with van der Waals surface area (Å²) in [6, 6.07) is 10.4. The van der Waals surface area contributed by atoms with E-state index in [1.165, 1.54) is 5.56 Å². The Bertz CT molecular complexity index is 631. The summed E-state index contributed by atoms with van der Waals surface area (Å²) in [6.07, 6.45) is 0. The van der Waals surface area contributed by atoms with Crippen LogP contribution >= 0.6 is 27.5 Å². The average Bonchev–Trinajstić information content (AvgIpc) is 2.73. The van der Waals surface area contributed by atoms with E-state index < -0.39 is 0 Å². The quantitative estimate of drug-likeness (QED) is 0.565. The Morgan fingerprint density at radius 3 is 2.45 bits per heavy atom. The molecule has 0 spiro atoms. The smallest absolute Gasteiger partial charge is 0.179 e. The van der Waals surface area contributed by atoms with Crippen molar-refractivity contribution < 1.29 is 4.79 Å². The van der Waals surface area contributed by atoms with Crippen molar-refractivity contribution in [2.75, 3.05) is 5.88 Å². The number of hydrogen-bond acceptors (Lipinski definition) is 1. The van der Waals surface area contributed by atoms with Crippen molar-refractivity contribution in [1.82, 2.24) is 4.57 Å². The van der Waals surface area contributed by atoms with E-state index in [2.05, 4.69) is 39.6 Å². The van der Waals surface area contributed by atoms with Gasteiger partial charge in [0.2, 0.25) is 0 Å². The van der Waals surface area contributed by atoms with Gasteiger partial charge in [-0.1, -0.05) is 28.1 Å². The normalized spacial score (nSPS) is 12.4. The molecule has 0 bridgehead atoms. The molecule has 2 nitrogen and oxygen atoms in total. The highest BCUT2D eigenvalue weighted by molar-refractivity contribution is 9.10. The summed E-state index contributed by atoms with van der Waals surface area (Å²) < 4.78 is 3.25. The molecular weight excluding hydrogens is 338 g/mol. The number of nitrogens with zero attached hydrogens (tertiary/aromatic N) is 1. The molecule has 0 aliphatic carbocycles. The van der Waals surface area contributed by atoms with Crippen molar-refractivity contribution >= 4 is 33.3 Å². The summed E-state index contributed by atoms with van der Waals surface area (Å²) in [5.74, 6) is 0.00534. The Labute approximate surface area is 132 Å². The average molecular weight is 355 g/mol. The number of hydrogen-bond donors (Lipinski definition) is 0. The number of carbonyl (C=O) groups excluding carboxylic acids is 1. The minimum Gasteiger partial charge on any atom is -0.341 e. The first-order chi connectivity index (χ1) is 9.45. The van der Waals surface area contributed by atoms with Crippen LogP contribution in [0.1, 0.15) is 40.3 Å². The molecule has 2 aromatic rings. The molecule has 1 aromatic heterocycles. The van der Waals surface area contributed by atoms with Gasteiger partial charge in [0.15, 0.2) is 5.78 Å². The minimum atomic E-state index is -0.0194. The number of aromatic nitrogens is 1. The summed E-state index contributed by atoms with van der Waals surface area (Å²) in [4.78, 5) is 11.9. The van der Waals surface area contributed by atoms with Crippen molar-refractivity contribution in [1.29, 1.82) is 0 Å². The molecule has 0 amide bonds. The van der Waals surface area contributed by atoms with Gasteiger partial charge in [-0.15, -0.1) is 11.6 Å². The predicted molar refractivity (Wildman–Crippen MR) is 86.9 cm³/mol. The van der Waals surface area contributed by atoms with E-state index in [1.54, 1.807) is 0 Å². The maximum absolute atomic E-state index is 11.9. The second-order valence-corrected chi connectivity index (χ2v) is 6.12. The zero-order valence-corrected chi connectivity index (χ0v) is 14.1. The Morgan fingerprint density at radius 2 is 1.90 bits per heavy atom. The van der Waals surface area contributed by atoms with Gasteiger partial charge in [0, 0.05) is 21.4 Å². The van der Waals surface area contributed by atoms with Gasteiger partial charge in [-0.25, -0.2) is 0 Å². The van der Waals surface area contributed by atoms with Crippen molar-refractivity contribution in [2.45, 2.75) is 26.8 Å². The third-order valence-electron chi connectivity index (χ3n) is 3.65. The van der Waals surface area contributed by atoms with E-state index in [9.17, 15) is 4.79 Å². The highest BCUT2D eigenvalue weighted by atomic mass is 79.9. The largest absolute Gasteiger partial charge is 0.341 e. The van der Waals surface area contributed by atoms with Gasteiger partial charge in [-0.05, 0) is 44.5 Å². The molecule has 0 aliphatic heterocycles. The fraction of sp³-hybridized carbons (Fsp3) is 0.312. The first kappa shape index (κ1) is 15.3. The number of ketones is 1. The minimum absolute atomic E-state index is 0.0194. The summed E-state index contributed by atoms with van der Waals surface area (Å²) in [7, 11) is 0. The van der Waals surface area contributed by atoms with Crippen LogP contribution in [-0.4, -0.2) is 16.2 Å². The van der Waals surface area contributed by atoms with Crippen LogP contribution in [0.15, 0.2) is 34.8 Å². The van der Waals surface area contributed by atoms with Crippen LogP contribution in [0.3, 0.4) is 0 Å². The molecule has 20 heavy (non-hydrogen) atoms. The molecule has 4 heteroatoms. The molecule has 0 saturated heterocycles. The Hall–Kier alpha value is -1.06. The molecule has 1 heterocycles. The van der Waals surface area contributed by atoms with Crippen LogP contribution in [0.5, 0.6) is 0 Å². The molecule has 1 aromatic carbocycles. The number of halogens is 2. The van der Waals surface area contributed by atoms with Gasteiger partial charge in [0.1, 0.15) is 0 Å². The molecule has 1 unspecified atom stereocenters. The van der Waals surface area contributed by atoms with Crippen LogP contribution in [0.2, 0.25) is 0 Å². The molecule has 0 N–H and O–H groups in total. The van der Waals surface area contributed by atoms with Gasteiger partial charge in [-0.3, -0.25) is 4.79 Å². The Morgan fingerprint density at radius 1 is 1.30 bits per heavy atom. The summed E-state index contributed by atoms with van der Waals surface area (Å²) >= 11 is 9.12. The highest BCUT2D eigenvalue weighted by Crippen LogP contribution is 2.26. The molecular formula is C16H17BrClNO. The fourth-order valence-electron chi connectivity index (χ4n) is 2.62. The van der Waals surface area contributed by atoms with Crippen LogP contribution < -0.4 is 0 Å². The van der Waals surface area contributed by atoms with Crippen LogP contribution in [0, 0.1) is 13.8 Å². The SMILES string of the molecule is Cc1cc(C(=O)CCl)c(C)n1C(C)c1ccc(Br)cc1. The third kappa shape index (κ3) is 2.84. The first-order valence-electron chi connectivity index (χ1n) is 6.48. The lowest BCUT2D eigenvalue weighted by molar-refractivity contribution is 0.102. The van der Waals surface area contributed by atoms with Crippen molar-refractivity contribution in [2.24, 2.45) is 0 Å². The van der Waals surface area contributed by atoms with Gasteiger partial charge in [0.25, 0.3) is 0 Å². The summed E-state index contributed by atoms with van der Waals surface area (Å²) in [5.41, 5.74) is 3.98. The molecule has 0 fully saturated rings. The summed E-state index contributed by atoms with van der Waals surface area (Å²) in [6.45, 7) is 6.13. The van der Waals surface area contributed by atoms with Crippen LogP contribution in [0.25, 0.3) is 0 Å². The van der Waals surface area contributed by atoms with E-state index in [0.29, 0.717) is 0 Å². The Balaban J connectivity index is 2.44. The summed E-state index contributed by atoms with van der Waals surface area (Å²) in [5, 5.41) is 0. The van der Waals surface area contributed by atoms with E-state index in [4.69, 9.17) is 11.6 Å². The van der Waals surface area contributed by atoms with E-state index >= 15 is 0 Å². The molecule has 0 saturated carbocycles. The van der Waals surface area contributed by atoms with Crippen molar-refractivity contribution in [3.8, 4) is 0 Å². The lowest BCUT2D eigenvalue weighted by Crippen LogP contribution is -2.11. The second-order valence-electron chi connectivity index (χ2n) is 4.94. The zero-order valence-electron chi connectivity index (χ0n) is 11.8. The van der Waals surface area contributed by atoms with Crippen molar-refractivity contribution in [3.05, 3.63) is 57.3 Å². The molecule has 106 valence electrons. The first-order valence-corrected chi connectivity index (χ1v) is 7.81. The van der Waals surface area contributed by atoms with E-state index in [1.807, 2.05) is 32.0 Å². The molecule has 1 atom stereocenters. The van der Waals surface area contributed by atoms with Crippen LogP contribution in [-0.2, 0) is 0 Å². The maximum atomic E-state index is 11.9. The maximum Gasteiger partial charge on any atom is 0.179 e. The Kier molecular flexibility index (Phi) is 4.71. The van der Waals surface area contributed by atoms with Gasteiger partial charge >= 0.3 is 0 Å². The van der Waals surface area contributed by atoms with Gasteiger partial charge in [0.05, 0.1) is 11.9 Å². The second kappa shape index (κ2) is 6.15. The predicted octanol–water partition coefficient (Wildman–Crippen LogP) is 4.90. The highest BCUT2D eigenvalue weighted by Gasteiger charge is 2.18. The monoisotopic (exact) mass is 353 g/mol. The molecule has 0 aliphatic rings. The van der Waals surface area contributed by atoms with Crippen molar-refractivity contribution in [3.63, 3.8) is 0 Å². The molecule has 0 radical (unpaired) electrons. The number of aryl methyl sites for hydroxylation is 1. The standard InChI is InChI=1S/C16H17BrClNO/c1-10-8-15(16(20)9-18)12(3)19(10)11(2)13-4-6-14(17)7-5-13/h4-8,11H,9H2,1-3H3. The lowest BCUT2D eigenvalue weighted by Gasteiger charge is -2.19. The van der Waals surface area contributed by atoms with Gasteiger partial charge < -0.3 is 4.57 Å². The fourth-order valence-corrected chi connectivity index (χ4v) is 3.03. The number of carbonyl (C=O) groups is 1. The van der Waals surface area contributed by atoms with E-state index in [0.717, 1.165) is 21.4 Å². The number of rotatable bonds is 4. The van der Waals surface area contributed by atoms with Gasteiger partial charge in [-0.2, -0.15) is 0 Å². The lowest BCUT2D eigenvalue weighted by atomic mass is 10.1. The molecule has 2 rings (SSSR count). The zero-order chi connectivity index (χ0) is 14.9. The number of Topliss-reactive ketones (excluding diaryl/α,β-unsaturated/α-hetero) is 1. The number of benzene rings is 1.